The van der Waals surface area contributed by atoms with Crippen molar-refractivity contribution in [2.75, 3.05) is 11.1 Å². The summed E-state index contributed by atoms with van der Waals surface area (Å²) < 4.78 is 6.97. The number of para-hydroxylation sites is 1. The Hall–Kier alpha value is -1.92. The number of fused-ring (bicyclic) bond motifs is 4. The molecule has 2 unspecified atom stereocenters. The molecule has 1 N–H and O–H groups in total. The maximum Gasteiger partial charge on any atom is 0.234 e. The maximum atomic E-state index is 12.4. The van der Waals surface area contributed by atoms with Crippen LogP contribution in [-0.2, 0) is 4.79 Å². The summed E-state index contributed by atoms with van der Waals surface area (Å²) in [5.41, 5.74) is 2.42. The molecule has 1 amide bonds. The highest BCUT2D eigenvalue weighted by atomic mass is 32.2. The number of carbonyl (C=O) groups is 1. The zero-order valence-electron chi connectivity index (χ0n) is 14.8. The fourth-order valence-electron chi connectivity index (χ4n) is 3.86. The largest absolute Gasteiger partial charge is 0.456 e. The van der Waals surface area contributed by atoms with Crippen LogP contribution in [0.25, 0.3) is 21.9 Å². The second kappa shape index (κ2) is 7.24. The number of aliphatic imine (C=N–C) groups is 1. The predicted molar refractivity (Wildman–Crippen MR) is 116 cm³/mol. The number of nitrogens with zero attached hydrogens (tertiary/aromatic N) is 1. The van der Waals surface area contributed by atoms with E-state index in [1.165, 1.54) is 25.7 Å². The molecule has 0 saturated heterocycles. The van der Waals surface area contributed by atoms with Crippen molar-refractivity contribution in [2.24, 2.45) is 4.99 Å². The lowest BCUT2D eigenvalue weighted by molar-refractivity contribution is -0.113. The van der Waals surface area contributed by atoms with Gasteiger partial charge in [0.1, 0.15) is 15.5 Å². The van der Waals surface area contributed by atoms with Crippen molar-refractivity contribution >= 4 is 61.4 Å². The molecule has 2 atom stereocenters. The quantitative estimate of drug-likeness (QED) is 0.619. The van der Waals surface area contributed by atoms with Gasteiger partial charge in [-0.25, -0.2) is 0 Å². The Morgan fingerprint density at radius 2 is 2.00 bits per heavy atom. The van der Waals surface area contributed by atoms with E-state index in [0.717, 1.165) is 32.0 Å². The van der Waals surface area contributed by atoms with Crippen molar-refractivity contribution in [2.45, 2.75) is 37.0 Å². The highest BCUT2D eigenvalue weighted by Gasteiger charge is 2.32. The lowest BCUT2D eigenvalue weighted by atomic mass is 9.96. The monoisotopic (exact) mass is 396 g/mol. The number of nitrogens with one attached hydrogen (secondary N) is 1. The van der Waals surface area contributed by atoms with Crippen molar-refractivity contribution in [3.63, 3.8) is 0 Å². The van der Waals surface area contributed by atoms with Gasteiger partial charge in [-0.3, -0.25) is 9.79 Å². The van der Waals surface area contributed by atoms with E-state index in [2.05, 4.69) is 5.32 Å². The molecule has 0 bridgehead atoms. The molecule has 1 saturated carbocycles. The van der Waals surface area contributed by atoms with Crippen molar-refractivity contribution in [3.05, 3.63) is 42.5 Å². The smallest absolute Gasteiger partial charge is 0.234 e. The molecule has 2 aromatic carbocycles. The normalized spacial score (nSPS) is 22.0. The number of anilines is 1. The lowest BCUT2D eigenvalue weighted by Gasteiger charge is -2.21. The zero-order chi connectivity index (χ0) is 18.2. The lowest BCUT2D eigenvalue weighted by Crippen LogP contribution is -2.21. The minimum Gasteiger partial charge on any atom is -0.456 e. The predicted octanol–water partition coefficient (Wildman–Crippen LogP) is 5.67. The molecule has 4 nitrogen and oxygen atoms in total. The van der Waals surface area contributed by atoms with Crippen LogP contribution in [0.1, 0.15) is 25.7 Å². The van der Waals surface area contributed by atoms with Crippen LogP contribution in [0.4, 0.5) is 5.69 Å². The first kappa shape index (κ1) is 17.2. The molecule has 1 fully saturated rings. The Balaban J connectivity index is 1.24. The van der Waals surface area contributed by atoms with Crippen LogP contribution >= 0.6 is 23.5 Å². The number of hydrogen-bond acceptors (Lipinski definition) is 5. The Morgan fingerprint density at radius 1 is 1.15 bits per heavy atom. The number of hydrogen-bond donors (Lipinski definition) is 1. The summed E-state index contributed by atoms with van der Waals surface area (Å²) >= 11 is 3.43. The number of benzene rings is 2. The maximum absolute atomic E-state index is 12.4. The van der Waals surface area contributed by atoms with Gasteiger partial charge in [0.25, 0.3) is 0 Å². The minimum atomic E-state index is -0.00590. The second-order valence-electron chi connectivity index (χ2n) is 7.05. The molecule has 1 aliphatic carbocycles. The van der Waals surface area contributed by atoms with Crippen molar-refractivity contribution in [1.29, 1.82) is 0 Å². The van der Waals surface area contributed by atoms with E-state index in [1.807, 2.05) is 54.2 Å². The molecule has 1 aromatic heterocycles. The van der Waals surface area contributed by atoms with Gasteiger partial charge in [-0.2, -0.15) is 0 Å². The van der Waals surface area contributed by atoms with Crippen LogP contribution in [0.2, 0.25) is 0 Å². The number of carbonyl (C=O) groups excluding carboxylic acids is 1. The minimum absolute atomic E-state index is 0.00590. The molecule has 6 heteroatoms. The fraction of sp³-hybridized carbons (Fsp3) is 0.333. The van der Waals surface area contributed by atoms with Gasteiger partial charge in [0.15, 0.2) is 0 Å². The third kappa shape index (κ3) is 3.48. The molecular formula is C21H20N2O2S2. The number of amides is 1. The molecule has 1 aliphatic heterocycles. The van der Waals surface area contributed by atoms with E-state index >= 15 is 0 Å². The summed E-state index contributed by atoms with van der Waals surface area (Å²) in [4.78, 5) is 17.2. The Kier molecular flexibility index (Phi) is 4.61. The first-order valence-corrected chi connectivity index (χ1v) is 11.2. The van der Waals surface area contributed by atoms with E-state index in [4.69, 9.17) is 9.41 Å². The van der Waals surface area contributed by atoms with Gasteiger partial charge in [-0.15, -0.1) is 0 Å². The zero-order valence-corrected chi connectivity index (χ0v) is 16.4. The Morgan fingerprint density at radius 3 is 2.93 bits per heavy atom. The van der Waals surface area contributed by atoms with Crippen molar-refractivity contribution < 1.29 is 9.21 Å². The highest BCUT2D eigenvalue weighted by molar-refractivity contribution is 8.39. The van der Waals surface area contributed by atoms with Gasteiger partial charge in [-0.05, 0) is 31.0 Å². The van der Waals surface area contributed by atoms with E-state index in [1.54, 1.807) is 11.8 Å². The summed E-state index contributed by atoms with van der Waals surface area (Å²) in [6.45, 7) is 0. The Bertz CT molecular complexity index is 1040. The Labute approximate surface area is 166 Å². The summed E-state index contributed by atoms with van der Waals surface area (Å²) in [6.07, 6.45) is 5.05. The van der Waals surface area contributed by atoms with Gasteiger partial charge in [0, 0.05) is 27.8 Å². The molecule has 0 radical (unpaired) electrons. The number of thioether (sulfide) groups is 2. The van der Waals surface area contributed by atoms with E-state index in [0.29, 0.717) is 17.0 Å². The summed E-state index contributed by atoms with van der Waals surface area (Å²) in [6, 6.07) is 14.3. The molecule has 27 heavy (non-hydrogen) atoms. The SMILES string of the molecule is O=C(CSC1=NC2CCCCC2S1)Nc1ccc2c(c1)oc1ccccc12. The molecular weight excluding hydrogens is 376 g/mol. The first-order valence-electron chi connectivity index (χ1n) is 9.35. The summed E-state index contributed by atoms with van der Waals surface area (Å²) in [5.74, 6) is 0.386. The van der Waals surface area contributed by atoms with Crippen LogP contribution in [0.3, 0.4) is 0 Å². The summed E-state index contributed by atoms with van der Waals surface area (Å²) in [7, 11) is 0. The average molecular weight is 397 g/mol. The topological polar surface area (TPSA) is 54.6 Å². The first-order chi connectivity index (χ1) is 13.3. The molecule has 2 aliphatic rings. The highest BCUT2D eigenvalue weighted by Crippen LogP contribution is 2.40. The summed E-state index contributed by atoms with van der Waals surface area (Å²) in [5, 5.41) is 5.78. The molecule has 2 heterocycles. The van der Waals surface area contributed by atoms with Crippen LogP contribution in [0.5, 0.6) is 0 Å². The second-order valence-corrected chi connectivity index (χ2v) is 9.50. The molecule has 5 rings (SSSR count). The van der Waals surface area contributed by atoms with Crippen LogP contribution < -0.4 is 5.32 Å². The molecule has 3 aromatic rings. The van der Waals surface area contributed by atoms with Gasteiger partial charge in [0.05, 0.1) is 11.8 Å². The van der Waals surface area contributed by atoms with E-state index in [-0.39, 0.29) is 5.91 Å². The van der Waals surface area contributed by atoms with Gasteiger partial charge < -0.3 is 9.73 Å². The van der Waals surface area contributed by atoms with Gasteiger partial charge >= 0.3 is 0 Å². The van der Waals surface area contributed by atoms with Crippen molar-refractivity contribution in [1.82, 2.24) is 0 Å². The van der Waals surface area contributed by atoms with E-state index < -0.39 is 0 Å². The molecule has 138 valence electrons. The third-order valence-corrected chi connectivity index (χ3v) is 7.74. The number of rotatable bonds is 3. The molecule has 0 spiro atoms. The van der Waals surface area contributed by atoms with E-state index in [9.17, 15) is 4.79 Å². The number of furan rings is 1. The van der Waals surface area contributed by atoms with Gasteiger partial charge in [0.2, 0.25) is 5.91 Å². The average Bonchev–Trinajstić information content (AvgIpc) is 3.26. The third-order valence-electron chi connectivity index (χ3n) is 5.18. The van der Waals surface area contributed by atoms with Gasteiger partial charge in [-0.1, -0.05) is 54.6 Å². The van der Waals surface area contributed by atoms with Crippen LogP contribution in [0.15, 0.2) is 51.9 Å². The standard InChI is InChI=1S/C21H20N2O2S2/c24-20(12-26-21-23-16-6-2-4-8-19(16)27-21)22-13-9-10-15-14-5-1-3-7-17(14)25-18(15)11-13/h1,3,5,7,9-11,16,19H,2,4,6,8,12H2,(H,22,24). The van der Waals surface area contributed by atoms with Crippen LogP contribution in [-0.4, -0.2) is 27.3 Å². The van der Waals surface area contributed by atoms with Crippen molar-refractivity contribution in [3.8, 4) is 0 Å². The fourth-order valence-corrected chi connectivity index (χ4v) is 6.31. The van der Waals surface area contributed by atoms with Crippen LogP contribution in [0, 0.1) is 0 Å².